The van der Waals surface area contributed by atoms with Crippen molar-refractivity contribution in [2.24, 2.45) is 0 Å². The van der Waals surface area contributed by atoms with E-state index in [1.165, 1.54) is 22.5 Å². The fourth-order valence-corrected chi connectivity index (χ4v) is 2.99. The van der Waals surface area contributed by atoms with Gasteiger partial charge in [-0.15, -0.1) is 0 Å². The Morgan fingerprint density at radius 2 is 1.81 bits per heavy atom. The summed E-state index contributed by atoms with van der Waals surface area (Å²) in [5.74, 6) is -0.565. The zero-order chi connectivity index (χ0) is 11.6. The molecule has 0 aliphatic carbocycles. The Hall–Kier alpha value is -1.14. The van der Waals surface area contributed by atoms with Gasteiger partial charge in [0.05, 0.1) is 5.69 Å². The number of rotatable bonds is 3. The number of nitrogens with zero attached hydrogens (tertiary/aromatic N) is 1. The zero-order valence-electron chi connectivity index (χ0n) is 8.69. The average molecular weight is 244 g/mol. The maximum Gasteiger partial charge on any atom is 0.301 e. The highest BCUT2D eigenvalue weighted by Crippen LogP contribution is 2.18. The van der Waals surface area contributed by atoms with Crippen molar-refractivity contribution >= 4 is 15.9 Å². The van der Waals surface area contributed by atoms with Crippen LogP contribution in [0.15, 0.2) is 24.3 Å². The van der Waals surface area contributed by atoms with E-state index in [1.54, 1.807) is 6.07 Å². The third kappa shape index (κ3) is 2.33. The van der Waals surface area contributed by atoms with E-state index in [2.05, 4.69) is 4.72 Å². The molecule has 16 heavy (non-hydrogen) atoms. The molecule has 0 bridgehead atoms. The topological polar surface area (TPSA) is 49.4 Å². The molecular weight excluding hydrogens is 231 g/mol. The molecule has 0 radical (unpaired) electrons. The Balaban J connectivity index is 2.18. The molecule has 0 saturated carbocycles. The Labute approximate surface area is 94.3 Å². The molecular formula is C10H13FN2O2S. The third-order valence-corrected chi connectivity index (χ3v) is 4.04. The first kappa shape index (κ1) is 11.3. The van der Waals surface area contributed by atoms with E-state index in [9.17, 15) is 12.8 Å². The number of hydrogen-bond acceptors (Lipinski definition) is 2. The van der Waals surface area contributed by atoms with Crippen molar-refractivity contribution in [2.75, 3.05) is 17.8 Å². The third-order valence-electron chi connectivity index (χ3n) is 2.52. The number of anilines is 1. The second-order valence-electron chi connectivity index (χ2n) is 3.69. The van der Waals surface area contributed by atoms with Crippen molar-refractivity contribution in [3.05, 3.63) is 30.1 Å². The predicted octanol–water partition coefficient (Wildman–Crippen LogP) is 1.58. The molecule has 4 nitrogen and oxygen atoms in total. The van der Waals surface area contributed by atoms with Crippen molar-refractivity contribution in [1.29, 1.82) is 0 Å². The highest BCUT2D eigenvalue weighted by molar-refractivity contribution is 7.90. The van der Waals surface area contributed by atoms with E-state index in [0.29, 0.717) is 13.1 Å². The van der Waals surface area contributed by atoms with Gasteiger partial charge in [-0.25, -0.2) is 4.39 Å². The number of benzene rings is 1. The molecule has 88 valence electrons. The molecule has 0 atom stereocenters. The van der Waals surface area contributed by atoms with Gasteiger partial charge in [-0.2, -0.15) is 12.7 Å². The SMILES string of the molecule is O=S(=O)(Nc1ccccc1F)N1CCCC1. The fraction of sp³-hybridized carbons (Fsp3) is 0.400. The van der Waals surface area contributed by atoms with Crippen LogP contribution in [0.1, 0.15) is 12.8 Å². The lowest BCUT2D eigenvalue weighted by molar-refractivity contribution is 0.482. The second-order valence-corrected chi connectivity index (χ2v) is 5.36. The first-order chi connectivity index (χ1) is 7.59. The first-order valence-corrected chi connectivity index (χ1v) is 6.56. The van der Waals surface area contributed by atoms with Gasteiger partial charge in [0, 0.05) is 13.1 Å². The lowest BCUT2D eigenvalue weighted by atomic mass is 10.3. The number of halogens is 1. The quantitative estimate of drug-likeness (QED) is 0.877. The van der Waals surface area contributed by atoms with E-state index in [4.69, 9.17) is 0 Å². The van der Waals surface area contributed by atoms with Gasteiger partial charge < -0.3 is 0 Å². The van der Waals surface area contributed by atoms with E-state index in [-0.39, 0.29) is 5.69 Å². The van der Waals surface area contributed by atoms with Gasteiger partial charge in [0.25, 0.3) is 0 Å². The van der Waals surface area contributed by atoms with Gasteiger partial charge in [0.2, 0.25) is 0 Å². The molecule has 1 aliphatic rings. The van der Waals surface area contributed by atoms with E-state index in [0.717, 1.165) is 12.8 Å². The number of nitrogens with one attached hydrogen (secondary N) is 1. The maximum atomic E-state index is 13.3. The van der Waals surface area contributed by atoms with Gasteiger partial charge in [-0.3, -0.25) is 4.72 Å². The van der Waals surface area contributed by atoms with Crippen molar-refractivity contribution in [1.82, 2.24) is 4.31 Å². The predicted molar refractivity (Wildman–Crippen MR) is 59.7 cm³/mol. The van der Waals surface area contributed by atoms with Crippen LogP contribution in [0.25, 0.3) is 0 Å². The summed E-state index contributed by atoms with van der Waals surface area (Å²) in [6.07, 6.45) is 1.72. The van der Waals surface area contributed by atoms with Gasteiger partial charge in [-0.05, 0) is 25.0 Å². The molecule has 6 heteroatoms. The van der Waals surface area contributed by atoms with Gasteiger partial charge in [-0.1, -0.05) is 12.1 Å². The lowest BCUT2D eigenvalue weighted by Gasteiger charge is -2.16. The van der Waals surface area contributed by atoms with Crippen LogP contribution in [0.5, 0.6) is 0 Å². The summed E-state index contributed by atoms with van der Waals surface area (Å²) in [6.45, 7) is 1.01. The summed E-state index contributed by atoms with van der Waals surface area (Å²) in [6, 6.07) is 5.73. The molecule has 1 fully saturated rings. The van der Waals surface area contributed by atoms with Crippen molar-refractivity contribution in [3.8, 4) is 0 Å². The maximum absolute atomic E-state index is 13.3. The summed E-state index contributed by atoms with van der Waals surface area (Å²) in [4.78, 5) is 0. The molecule has 0 amide bonds. The van der Waals surface area contributed by atoms with Crippen molar-refractivity contribution < 1.29 is 12.8 Å². The van der Waals surface area contributed by atoms with Crippen LogP contribution < -0.4 is 4.72 Å². The minimum atomic E-state index is -3.59. The highest BCUT2D eigenvalue weighted by Gasteiger charge is 2.25. The Morgan fingerprint density at radius 1 is 1.19 bits per heavy atom. The van der Waals surface area contributed by atoms with Gasteiger partial charge in [0.1, 0.15) is 5.82 Å². The molecule has 1 heterocycles. The molecule has 1 N–H and O–H groups in total. The fourth-order valence-electron chi connectivity index (χ4n) is 1.68. The van der Waals surface area contributed by atoms with Crippen LogP contribution >= 0.6 is 0 Å². The summed E-state index contributed by atoms with van der Waals surface area (Å²) >= 11 is 0. The van der Waals surface area contributed by atoms with Gasteiger partial charge in [0.15, 0.2) is 0 Å². The van der Waals surface area contributed by atoms with Crippen LogP contribution in [0, 0.1) is 5.82 Å². The molecule has 2 rings (SSSR count). The van der Waals surface area contributed by atoms with Crippen LogP contribution in [0.4, 0.5) is 10.1 Å². The Bertz CT molecular complexity index is 469. The molecule has 1 aliphatic heterocycles. The summed E-state index contributed by atoms with van der Waals surface area (Å²) in [5.41, 5.74) is -0.00519. The smallest absolute Gasteiger partial charge is 0.268 e. The minimum absolute atomic E-state index is 0.00519. The largest absolute Gasteiger partial charge is 0.301 e. The molecule has 0 spiro atoms. The average Bonchev–Trinajstić information content (AvgIpc) is 2.75. The normalized spacial score (nSPS) is 17.6. The summed E-state index contributed by atoms with van der Waals surface area (Å²) in [5, 5.41) is 0. The summed E-state index contributed by atoms with van der Waals surface area (Å²) < 4.78 is 40.5. The van der Waals surface area contributed by atoms with Crippen LogP contribution in [-0.2, 0) is 10.2 Å². The standard InChI is InChI=1S/C10H13FN2O2S/c11-9-5-1-2-6-10(9)12-16(14,15)13-7-3-4-8-13/h1-2,5-6,12H,3-4,7-8H2. The van der Waals surface area contributed by atoms with Crippen molar-refractivity contribution in [2.45, 2.75) is 12.8 Å². The first-order valence-electron chi connectivity index (χ1n) is 5.12. The lowest BCUT2D eigenvalue weighted by Crippen LogP contribution is -2.33. The van der Waals surface area contributed by atoms with Gasteiger partial charge >= 0.3 is 10.2 Å². The monoisotopic (exact) mass is 244 g/mol. The molecule has 1 aromatic carbocycles. The van der Waals surface area contributed by atoms with E-state index < -0.39 is 16.0 Å². The van der Waals surface area contributed by atoms with Crippen LogP contribution in [-0.4, -0.2) is 25.8 Å². The molecule has 0 unspecified atom stereocenters. The van der Waals surface area contributed by atoms with Crippen LogP contribution in [0.2, 0.25) is 0 Å². The molecule has 1 saturated heterocycles. The van der Waals surface area contributed by atoms with Crippen LogP contribution in [0.3, 0.4) is 0 Å². The second kappa shape index (κ2) is 4.39. The summed E-state index contributed by atoms with van der Waals surface area (Å²) in [7, 11) is -3.59. The zero-order valence-corrected chi connectivity index (χ0v) is 9.50. The minimum Gasteiger partial charge on any atom is -0.268 e. The molecule has 0 aromatic heterocycles. The van der Waals surface area contributed by atoms with E-state index in [1.807, 2.05) is 0 Å². The number of para-hydroxylation sites is 1. The number of hydrogen-bond donors (Lipinski definition) is 1. The van der Waals surface area contributed by atoms with Crippen molar-refractivity contribution in [3.63, 3.8) is 0 Å². The molecule has 1 aromatic rings. The highest BCUT2D eigenvalue weighted by atomic mass is 32.2. The Morgan fingerprint density at radius 3 is 2.44 bits per heavy atom. The Kier molecular flexibility index (Phi) is 3.11. The van der Waals surface area contributed by atoms with E-state index >= 15 is 0 Å².